The van der Waals surface area contributed by atoms with Gasteiger partial charge in [0.2, 0.25) is 0 Å². The van der Waals surface area contributed by atoms with Crippen molar-refractivity contribution in [2.24, 2.45) is 11.8 Å². The number of nitrogens with zero attached hydrogens (tertiary/aromatic N) is 1. The number of nitrogens with one attached hydrogen (secondary N) is 1. The lowest BCUT2D eigenvalue weighted by Crippen LogP contribution is -2.46. The molecule has 3 unspecified atom stereocenters. The Morgan fingerprint density at radius 2 is 2.06 bits per heavy atom. The number of likely N-dealkylation sites (tertiary alicyclic amines) is 1. The van der Waals surface area contributed by atoms with Gasteiger partial charge in [0.15, 0.2) is 0 Å². The zero-order valence-electron chi connectivity index (χ0n) is 10.7. The molecule has 17 heavy (non-hydrogen) atoms. The predicted molar refractivity (Wildman–Crippen MR) is 67.0 cm³/mol. The number of carboxylic acid groups (broad SMARTS) is 1. The molecule has 0 bridgehead atoms. The molecule has 2 rings (SSSR count). The highest BCUT2D eigenvalue weighted by atomic mass is 16.4. The van der Waals surface area contributed by atoms with E-state index in [9.17, 15) is 9.90 Å². The maximum absolute atomic E-state index is 11.2. The second-order valence-electron chi connectivity index (χ2n) is 5.51. The molecule has 2 N–H and O–H groups in total. The molecule has 2 aliphatic rings. The fraction of sp³-hybridized carbons (Fsp3) is 0.923. The normalized spacial score (nSPS) is 30.4. The summed E-state index contributed by atoms with van der Waals surface area (Å²) in [6.07, 6.45) is 5.05. The average Bonchev–Trinajstić information content (AvgIpc) is 2.83. The highest BCUT2D eigenvalue weighted by molar-refractivity contribution is 5.73. The van der Waals surface area contributed by atoms with Crippen LogP contribution in [0.5, 0.6) is 0 Å². The van der Waals surface area contributed by atoms with Gasteiger partial charge >= 0.3 is 5.97 Å². The molecule has 1 saturated heterocycles. The van der Waals surface area contributed by atoms with Crippen LogP contribution in [0, 0.1) is 11.8 Å². The van der Waals surface area contributed by atoms with Gasteiger partial charge in [-0.05, 0) is 37.6 Å². The lowest BCUT2D eigenvalue weighted by Gasteiger charge is -2.22. The van der Waals surface area contributed by atoms with Gasteiger partial charge in [-0.2, -0.15) is 0 Å². The van der Waals surface area contributed by atoms with Gasteiger partial charge in [-0.3, -0.25) is 4.79 Å². The average molecular weight is 240 g/mol. The Labute approximate surface area is 103 Å². The van der Waals surface area contributed by atoms with Crippen molar-refractivity contribution in [2.45, 2.75) is 38.6 Å². The predicted octanol–water partition coefficient (Wildman–Crippen LogP) is 1.17. The van der Waals surface area contributed by atoms with Crippen molar-refractivity contribution in [1.82, 2.24) is 10.2 Å². The first-order valence-corrected chi connectivity index (χ1v) is 6.89. The third-order valence-corrected chi connectivity index (χ3v) is 4.18. The van der Waals surface area contributed by atoms with Crippen molar-refractivity contribution in [2.75, 3.05) is 26.2 Å². The number of fused-ring (bicyclic) bond motifs is 1. The molecular formula is C13H24N2O2. The fourth-order valence-electron chi connectivity index (χ4n) is 3.29. The van der Waals surface area contributed by atoms with E-state index in [0.717, 1.165) is 37.9 Å². The minimum atomic E-state index is -0.712. The minimum absolute atomic E-state index is 0.395. The molecule has 0 aromatic rings. The van der Waals surface area contributed by atoms with Crippen LogP contribution in [-0.2, 0) is 4.79 Å². The summed E-state index contributed by atoms with van der Waals surface area (Å²) in [6.45, 7) is 5.75. The molecule has 2 fully saturated rings. The van der Waals surface area contributed by atoms with E-state index in [1.54, 1.807) is 0 Å². The van der Waals surface area contributed by atoms with Gasteiger partial charge in [-0.1, -0.05) is 13.3 Å². The van der Waals surface area contributed by atoms with Crippen LogP contribution in [0.4, 0.5) is 0 Å². The van der Waals surface area contributed by atoms with E-state index < -0.39 is 12.0 Å². The van der Waals surface area contributed by atoms with Crippen LogP contribution in [0.15, 0.2) is 0 Å². The van der Waals surface area contributed by atoms with E-state index in [1.165, 1.54) is 19.3 Å². The molecule has 0 aromatic heterocycles. The summed E-state index contributed by atoms with van der Waals surface area (Å²) in [5, 5.41) is 12.3. The van der Waals surface area contributed by atoms with Gasteiger partial charge < -0.3 is 15.3 Å². The molecular weight excluding hydrogens is 216 g/mol. The summed E-state index contributed by atoms with van der Waals surface area (Å²) < 4.78 is 0. The summed E-state index contributed by atoms with van der Waals surface area (Å²) in [6, 6.07) is -0.395. The third-order valence-electron chi connectivity index (χ3n) is 4.18. The topological polar surface area (TPSA) is 52.6 Å². The monoisotopic (exact) mass is 240 g/mol. The molecule has 1 heterocycles. The van der Waals surface area contributed by atoms with Gasteiger partial charge in [0.05, 0.1) is 0 Å². The Hall–Kier alpha value is -0.610. The fourth-order valence-corrected chi connectivity index (χ4v) is 3.29. The number of aliphatic carboxylic acids is 1. The number of rotatable bonds is 6. The first kappa shape index (κ1) is 12.8. The first-order valence-electron chi connectivity index (χ1n) is 6.89. The molecule has 0 amide bonds. The highest BCUT2D eigenvalue weighted by Crippen LogP contribution is 2.37. The number of carboxylic acids is 1. The van der Waals surface area contributed by atoms with Gasteiger partial charge in [-0.25, -0.2) is 0 Å². The second kappa shape index (κ2) is 5.83. The summed E-state index contributed by atoms with van der Waals surface area (Å²) in [7, 11) is 0. The van der Waals surface area contributed by atoms with Crippen molar-refractivity contribution in [1.29, 1.82) is 0 Å². The highest BCUT2D eigenvalue weighted by Gasteiger charge is 2.37. The molecule has 0 spiro atoms. The Bertz CT molecular complexity index is 258. The van der Waals surface area contributed by atoms with E-state index in [2.05, 4.69) is 17.1 Å². The van der Waals surface area contributed by atoms with E-state index in [1.807, 2.05) is 0 Å². The van der Waals surface area contributed by atoms with Gasteiger partial charge in [0.1, 0.15) is 6.04 Å². The van der Waals surface area contributed by atoms with E-state index in [-0.39, 0.29) is 0 Å². The van der Waals surface area contributed by atoms with E-state index in [4.69, 9.17) is 0 Å². The van der Waals surface area contributed by atoms with Crippen LogP contribution in [-0.4, -0.2) is 48.2 Å². The zero-order chi connectivity index (χ0) is 12.3. The molecule has 98 valence electrons. The largest absolute Gasteiger partial charge is 0.480 e. The molecule has 4 heteroatoms. The molecule has 1 aliphatic carbocycles. The van der Waals surface area contributed by atoms with Gasteiger partial charge in [-0.15, -0.1) is 0 Å². The molecule has 0 radical (unpaired) electrons. The quantitative estimate of drug-likeness (QED) is 0.732. The smallest absolute Gasteiger partial charge is 0.322 e. The summed E-state index contributed by atoms with van der Waals surface area (Å²) in [4.78, 5) is 13.5. The SMILES string of the molecule is CCCNC(CN1CC2CCCC2C1)C(=O)O. The number of hydrogen-bond acceptors (Lipinski definition) is 3. The molecule has 3 atom stereocenters. The van der Waals surface area contributed by atoms with Crippen LogP contribution in [0.25, 0.3) is 0 Å². The van der Waals surface area contributed by atoms with Crippen LogP contribution in [0.1, 0.15) is 32.6 Å². The first-order chi connectivity index (χ1) is 8.20. The summed E-state index contributed by atoms with van der Waals surface area (Å²) in [5.74, 6) is 0.974. The van der Waals surface area contributed by atoms with Crippen molar-refractivity contribution in [3.8, 4) is 0 Å². The van der Waals surface area contributed by atoms with Crippen LogP contribution < -0.4 is 5.32 Å². The van der Waals surface area contributed by atoms with E-state index in [0.29, 0.717) is 6.54 Å². The van der Waals surface area contributed by atoms with Crippen molar-refractivity contribution >= 4 is 5.97 Å². The molecule has 1 saturated carbocycles. The van der Waals surface area contributed by atoms with Crippen molar-refractivity contribution in [3.63, 3.8) is 0 Å². The maximum Gasteiger partial charge on any atom is 0.322 e. The second-order valence-corrected chi connectivity index (χ2v) is 5.51. The third kappa shape index (κ3) is 3.19. The number of hydrogen-bond donors (Lipinski definition) is 2. The molecule has 0 aromatic carbocycles. The summed E-state index contributed by atoms with van der Waals surface area (Å²) in [5.41, 5.74) is 0. The lowest BCUT2D eigenvalue weighted by molar-refractivity contribution is -0.140. The van der Waals surface area contributed by atoms with Crippen LogP contribution >= 0.6 is 0 Å². The van der Waals surface area contributed by atoms with Crippen molar-refractivity contribution < 1.29 is 9.90 Å². The Balaban J connectivity index is 1.80. The van der Waals surface area contributed by atoms with Crippen LogP contribution in [0.3, 0.4) is 0 Å². The van der Waals surface area contributed by atoms with Crippen molar-refractivity contribution in [3.05, 3.63) is 0 Å². The van der Waals surface area contributed by atoms with Gasteiger partial charge in [0, 0.05) is 19.6 Å². The Morgan fingerprint density at radius 3 is 2.59 bits per heavy atom. The zero-order valence-corrected chi connectivity index (χ0v) is 10.7. The van der Waals surface area contributed by atoms with Gasteiger partial charge in [0.25, 0.3) is 0 Å². The standard InChI is InChI=1S/C13H24N2O2/c1-2-6-14-12(13(16)17)9-15-7-10-4-3-5-11(10)8-15/h10-12,14H,2-9H2,1H3,(H,16,17). The lowest BCUT2D eigenvalue weighted by atomic mass is 10.0. The summed E-state index contributed by atoms with van der Waals surface area (Å²) >= 11 is 0. The number of carbonyl (C=O) groups is 1. The maximum atomic E-state index is 11.2. The minimum Gasteiger partial charge on any atom is -0.480 e. The molecule has 1 aliphatic heterocycles. The van der Waals surface area contributed by atoms with Crippen LogP contribution in [0.2, 0.25) is 0 Å². The Kier molecular flexibility index (Phi) is 4.40. The van der Waals surface area contributed by atoms with E-state index >= 15 is 0 Å². The Morgan fingerprint density at radius 1 is 1.41 bits per heavy atom. The molecule has 4 nitrogen and oxygen atoms in total.